The van der Waals surface area contributed by atoms with Crippen LogP contribution in [0.4, 0.5) is 4.79 Å². The first kappa shape index (κ1) is 22.2. The number of ether oxygens (including phenoxy) is 4. The van der Waals surface area contributed by atoms with Crippen molar-refractivity contribution in [3.8, 4) is 11.9 Å². The van der Waals surface area contributed by atoms with Gasteiger partial charge in [-0.2, -0.15) is 4.98 Å². The molecule has 1 aromatic rings. The molecule has 2 heterocycles. The molecule has 1 N–H and O–H groups in total. The summed E-state index contributed by atoms with van der Waals surface area (Å²) >= 11 is 0. The molecule has 0 aromatic carbocycles. The highest BCUT2D eigenvalue weighted by Crippen LogP contribution is 2.40. The van der Waals surface area contributed by atoms with Crippen molar-refractivity contribution in [3.63, 3.8) is 0 Å². The number of rotatable bonds is 6. The van der Waals surface area contributed by atoms with Gasteiger partial charge >= 0.3 is 12.1 Å². The Morgan fingerprint density at radius 1 is 1.21 bits per heavy atom. The predicted molar refractivity (Wildman–Crippen MR) is 101 cm³/mol. The first-order valence-corrected chi connectivity index (χ1v) is 9.27. The maximum absolute atomic E-state index is 13.0. The normalized spacial score (nSPS) is 20.2. The van der Waals surface area contributed by atoms with Crippen LogP contribution in [0.2, 0.25) is 0 Å². The van der Waals surface area contributed by atoms with Crippen LogP contribution in [0.15, 0.2) is 6.20 Å². The second kappa shape index (κ2) is 8.48. The van der Waals surface area contributed by atoms with E-state index in [2.05, 4.69) is 9.97 Å². The maximum atomic E-state index is 13.0. The lowest BCUT2D eigenvalue weighted by Gasteiger charge is -2.33. The Hall–Kier alpha value is -2.13. The second-order valence-corrected chi connectivity index (χ2v) is 8.21. The van der Waals surface area contributed by atoms with Crippen LogP contribution in [-0.4, -0.2) is 64.3 Å². The van der Waals surface area contributed by atoms with Gasteiger partial charge in [0.05, 0.1) is 38.5 Å². The quantitative estimate of drug-likeness (QED) is 0.731. The molecule has 1 aliphatic rings. The van der Waals surface area contributed by atoms with Gasteiger partial charge < -0.3 is 24.1 Å². The smallest absolute Gasteiger partial charge is 0.411 e. The van der Waals surface area contributed by atoms with E-state index < -0.39 is 17.5 Å². The summed E-state index contributed by atoms with van der Waals surface area (Å²) in [4.78, 5) is 23.0. The summed E-state index contributed by atoms with van der Waals surface area (Å²) in [7, 11) is 2.98. The fraction of sp³-hybridized carbons (Fsp3) is 0.737. The Morgan fingerprint density at radius 3 is 2.43 bits per heavy atom. The summed E-state index contributed by atoms with van der Waals surface area (Å²) in [5.74, 6) is -0.951. The lowest BCUT2D eigenvalue weighted by atomic mass is 10.1. The summed E-state index contributed by atoms with van der Waals surface area (Å²) in [6.45, 7) is 8.73. The van der Waals surface area contributed by atoms with E-state index in [0.29, 0.717) is 24.3 Å². The van der Waals surface area contributed by atoms with Gasteiger partial charge in [-0.05, 0) is 47.5 Å². The van der Waals surface area contributed by atoms with Crippen molar-refractivity contribution in [3.05, 3.63) is 11.8 Å². The molecule has 0 aliphatic carbocycles. The number of aromatic nitrogens is 2. The fourth-order valence-electron chi connectivity index (χ4n) is 3.09. The summed E-state index contributed by atoms with van der Waals surface area (Å²) < 4.78 is 21.6. The Balaban J connectivity index is 2.35. The topological polar surface area (TPSA) is 103 Å². The highest BCUT2D eigenvalue weighted by Gasteiger charge is 2.42. The van der Waals surface area contributed by atoms with Crippen LogP contribution in [0, 0.1) is 0 Å². The number of carbonyl (C=O) groups is 1. The third kappa shape index (κ3) is 5.68. The first-order chi connectivity index (χ1) is 12.9. The average molecular weight is 397 g/mol. The number of methoxy groups -OCH3 is 2. The Morgan fingerprint density at radius 2 is 1.89 bits per heavy atom. The molecule has 1 amide bonds. The molecule has 1 fully saturated rings. The highest BCUT2D eigenvalue weighted by molar-refractivity contribution is 5.70. The molecule has 9 heteroatoms. The van der Waals surface area contributed by atoms with Crippen LogP contribution in [0.5, 0.6) is 11.9 Å². The van der Waals surface area contributed by atoms with Gasteiger partial charge in [0.2, 0.25) is 5.88 Å². The number of amides is 1. The van der Waals surface area contributed by atoms with Crippen molar-refractivity contribution >= 4 is 6.09 Å². The first-order valence-electron chi connectivity index (χ1n) is 9.27. The van der Waals surface area contributed by atoms with E-state index in [0.717, 1.165) is 0 Å². The van der Waals surface area contributed by atoms with E-state index in [9.17, 15) is 9.90 Å². The van der Waals surface area contributed by atoms with E-state index in [1.807, 2.05) is 20.8 Å². The molecule has 28 heavy (non-hydrogen) atoms. The zero-order valence-corrected chi connectivity index (χ0v) is 17.7. The number of nitrogens with zero attached hydrogens (tertiary/aromatic N) is 3. The Kier molecular flexibility index (Phi) is 6.71. The minimum Gasteiger partial charge on any atom is -0.481 e. The van der Waals surface area contributed by atoms with Crippen molar-refractivity contribution in [2.45, 2.75) is 70.9 Å². The van der Waals surface area contributed by atoms with Crippen molar-refractivity contribution in [1.29, 1.82) is 0 Å². The van der Waals surface area contributed by atoms with Crippen molar-refractivity contribution in [2.75, 3.05) is 20.8 Å². The van der Waals surface area contributed by atoms with Gasteiger partial charge in [-0.25, -0.2) is 9.78 Å². The molecule has 0 unspecified atom stereocenters. The van der Waals surface area contributed by atoms with Crippen LogP contribution in [-0.2, 0) is 9.47 Å². The van der Waals surface area contributed by atoms with Crippen LogP contribution < -0.4 is 9.47 Å². The van der Waals surface area contributed by atoms with Crippen LogP contribution in [0.1, 0.15) is 59.1 Å². The zero-order valence-electron chi connectivity index (χ0n) is 17.7. The summed E-state index contributed by atoms with van der Waals surface area (Å²) in [6, 6.07) is -0.423. The molecule has 1 aliphatic heterocycles. The molecule has 0 bridgehead atoms. The number of hydrogen-bond acceptors (Lipinski definition) is 8. The fourth-order valence-corrected chi connectivity index (χ4v) is 3.09. The largest absolute Gasteiger partial charge is 0.481 e. The third-order valence-electron chi connectivity index (χ3n) is 4.23. The molecule has 1 saturated heterocycles. The number of likely N-dealkylation sites (tertiary alicyclic amines) is 1. The maximum Gasteiger partial charge on any atom is 0.411 e. The van der Waals surface area contributed by atoms with Gasteiger partial charge in [0.1, 0.15) is 5.60 Å². The SMILES string of the molecule is COc1ncc([C@H]2CC[C@@H](COC(C)(C)O)N2C(=O)OC(C)(C)C)c(OC)n1. The standard InChI is InChI=1S/C19H31N3O6/c1-18(2,3)28-17(23)22-12(11-27-19(4,5)24)8-9-14(22)13-10-20-16(26-7)21-15(13)25-6/h10,12,14,24H,8-9,11H2,1-7H3/t12-,14+/m0/s1. The van der Waals surface area contributed by atoms with Crippen LogP contribution in [0.3, 0.4) is 0 Å². The van der Waals surface area contributed by atoms with Gasteiger partial charge in [0.25, 0.3) is 0 Å². The van der Waals surface area contributed by atoms with Crippen molar-refractivity contribution in [2.24, 2.45) is 0 Å². The van der Waals surface area contributed by atoms with E-state index in [1.165, 1.54) is 14.2 Å². The minimum absolute atomic E-state index is 0.179. The minimum atomic E-state index is -1.29. The molecule has 0 spiro atoms. The Labute approximate surface area is 166 Å². The van der Waals surface area contributed by atoms with E-state index in [-0.39, 0.29) is 24.7 Å². The Bertz CT molecular complexity index is 683. The predicted octanol–water partition coefficient (Wildman–Crippen LogP) is 2.68. The molecule has 2 atom stereocenters. The number of carbonyl (C=O) groups excluding carboxylic acids is 1. The monoisotopic (exact) mass is 397 g/mol. The molecular weight excluding hydrogens is 366 g/mol. The number of hydrogen-bond donors (Lipinski definition) is 1. The molecule has 2 rings (SSSR count). The zero-order chi connectivity index (χ0) is 21.1. The average Bonchev–Trinajstić information content (AvgIpc) is 3.01. The summed E-state index contributed by atoms with van der Waals surface area (Å²) in [6.07, 6.45) is 2.48. The highest BCUT2D eigenvalue weighted by atomic mass is 16.6. The molecule has 1 aromatic heterocycles. The third-order valence-corrected chi connectivity index (χ3v) is 4.23. The molecule has 158 valence electrons. The lowest BCUT2D eigenvalue weighted by Crippen LogP contribution is -2.44. The van der Waals surface area contributed by atoms with E-state index in [1.54, 1.807) is 24.9 Å². The van der Waals surface area contributed by atoms with Gasteiger partial charge in [0, 0.05) is 6.20 Å². The molecule has 9 nitrogen and oxygen atoms in total. The molecule has 0 radical (unpaired) electrons. The van der Waals surface area contributed by atoms with Crippen molar-refractivity contribution < 1.29 is 28.8 Å². The van der Waals surface area contributed by atoms with E-state index >= 15 is 0 Å². The lowest BCUT2D eigenvalue weighted by molar-refractivity contribution is -0.183. The van der Waals surface area contributed by atoms with Crippen LogP contribution in [0.25, 0.3) is 0 Å². The molecular formula is C19H31N3O6. The van der Waals surface area contributed by atoms with Gasteiger partial charge in [-0.3, -0.25) is 4.90 Å². The number of aliphatic hydroxyl groups is 1. The molecule has 0 saturated carbocycles. The summed E-state index contributed by atoms with van der Waals surface area (Å²) in [5, 5.41) is 9.90. The van der Waals surface area contributed by atoms with Crippen LogP contribution >= 0.6 is 0 Å². The second-order valence-electron chi connectivity index (χ2n) is 8.21. The van der Waals surface area contributed by atoms with Crippen molar-refractivity contribution in [1.82, 2.24) is 14.9 Å². The van der Waals surface area contributed by atoms with E-state index in [4.69, 9.17) is 18.9 Å². The summed E-state index contributed by atoms with van der Waals surface area (Å²) in [5.41, 5.74) is 0.0201. The van der Waals surface area contributed by atoms with Gasteiger partial charge in [-0.1, -0.05) is 0 Å². The van der Waals surface area contributed by atoms with Gasteiger partial charge in [0.15, 0.2) is 5.79 Å². The van der Waals surface area contributed by atoms with Gasteiger partial charge in [-0.15, -0.1) is 0 Å².